The lowest BCUT2D eigenvalue weighted by Crippen LogP contribution is -1.97. The van der Waals surface area contributed by atoms with E-state index in [1.807, 2.05) is 19.1 Å². The first-order chi connectivity index (χ1) is 6.77. The third kappa shape index (κ3) is 1.80. The molecular weight excluding hydrogens is 174 g/mol. The van der Waals surface area contributed by atoms with Crippen LogP contribution in [0.5, 0.6) is 0 Å². The Morgan fingerprint density at radius 1 is 1.50 bits per heavy atom. The standard InChI is InChI=1S/C12H15NO/c1-9(14)6-7-10-8-13-12-5-3-2-4-11(10)12/h2-5,7,9,13-14H,6,8H2,1H3. The molecule has 2 N–H and O–H groups in total. The Balaban J connectivity index is 2.21. The van der Waals surface area contributed by atoms with E-state index in [9.17, 15) is 5.11 Å². The molecule has 2 heteroatoms. The fourth-order valence-electron chi connectivity index (χ4n) is 1.70. The Morgan fingerprint density at radius 3 is 3.07 bits per heavy atom. The topological polar surface area (TPSA) is 32.3 Å². The second-order valence-electron chi connectivity index (χ2n) is 3.71. The molecule has 1 aromatic carbocycles. The maximum Gasteiger partial charge on any atom is 0.0546 e. The summed E-state index contributed by atoms with van der Waals surface area (Å²) in [5.74, 6) is 0. The predicted molar refractivity (Wildman–Crippen MR) is 59.2 cm³/mol. The van der Waals surface area contributed by atoms with Gasteiger partial charge >= 0.3 is 0 Å². The third-order valence-electron chi connectivity index (χ3n) is 2.45. The summed E-state index contributed by atoms with van der Waals surface area (Å²) in [5, 5.41) is 12.5. The van der Waals surface area contributed by atoms with Crippen molar-refractivity contribution in [3.05, 3.63) is 35.9 Å². The quantitative estimate of drug-likeness (QED) is 0.748. The zero-order valence-corrected chi connectivity index (χ0v) is 8.33. The van der Waals surface area contributed by atoms with Crippen LogP contribution in [0.1, 0.15) is 18.9 Å². The Hall–Kier alpha value is -1.28. The van der Waals surface area contributed by atoms with Crippen LogP contribution in [-0.4, -0.2) is 17.8 Å². The summed E-state index contributed by atoms with van der Waals surface area (Å²) in [4.78, 5) is 0. The van der Waals surface area contributed by atoms with E-state index in [1.54, 1.807) is 0 Å². The minimum absolute atomic E-state index is 0.254. The van der Waals surface area contributed by atoms with Gasteiger partial charge in [0.1, 0.15) is 0 Å². The molecule has 0 aliphatic carbocycles. The van der Waals surface area contributed by atoms with Gasteiger partial charge in [0.15, 0.2) is 0 Å². The summed E-state index contributed by atoms with van der Waals surface area (Å²) in [5.41, 5.74) is 3.76. The van der Waals surface area contributed by atoms with Crippen molar-refractivity contribution >= 4 is 11.3 Å². The van der Waals surface area contributed by atoms with Crippen molar-refractivity contribution in [3.63, 3.8) is 0 Å². The molecule has 0 fully saturated rings. The maximum atomic E-state index is 9.20. The van der Waals surface area contributed by atoms with Crippen LogP contribution in [-0.2, 0) is 0 Å². The number of hydrogen-bond donors (Lipinski definition) is 2. The van der Waals surface area contributed by atoms with Crippen molar-refractivity contribution in [2.24, 2.45) is 0 Å². The lowest BCUT2D eigenvalue weighted by molar-refractivity contribution is 0.198. The number of aliphatic hydroxyl groups is 1. The Bertz CT molecular complexity index is 355. The van der Waals surface area contributed by atoms with Crippen molar-refractivity contribution < 1.29 is 5.11 Å². The van der Waals surface area contributed by atoms with Crippen LogP contribution in [0.15, 0.2) is 30.3 Å². The molecule has 14 heavy (non-hydrogen) atoms. The van der Waals surface area contributed by atoms with E-state index in [1.165, 1.54) is 16.8 Å². The molecule has 0 saturated carbocycles. The van der Waals surface area contributed by atoms with E-state index >= 15 is 0 Å². The van der Waals surface area contributed by atoms with Gasteiger partial charge < -0.3 is 10.4 Å². The van der Waals surface area contributed by atoms with Crippen LogP contribution in [0.4, 0.5) is 5.69 Å². The van der Waals surface area contributed by atoms with Crippen LogP contribution in [0.2, 0.25) is 0 Å². The van der Waals surface area contributed by atoms with Gasteiger partial charge in [-0.1, -0.05) is 24.3 Å². The average molecular weight is 189 g/mol. The zero-order chi connectivity index (χ0) is 9.97. The van der Waals surface area contributed by atoms with E-state index in [4.69, 9.17) is 0 Å². The minimum atomic E-state index is -0.254. The van der Waals surface area contributed by atoms with Gasteiger partial charge in [-0.25, -0.2) is 0 Å². The van der Waals surface area contributed by atoms with Gasteiger partial charge in [-0.3, -0.25) is 0 Å². The number of anilines is 1. The summed E-state index contributed by atoms with van der Waals surface area (Å²) in [7, 11) is 0. The zero-order valence-electron chi connectivity index (χ0n) is 8.33. The van der Waals surface area contributed by atoms with E-state index in [-0.39, 0.29) is 6.10 Å². The van der Waals surface area contributed by atoms with Crippen LogP contribution >= 0.6 is 0 Å². The summed E-state index contributed by atoms with van der Waals surface area (Å²) >= 11 is 0. The number of fused-ring (bicyclic) bond motifs is 1. The molecule has 0 spiro atoms. The number of benzene rings is 1. The molecule has 2 nitrogen and oxygen atoms in total. The molecule has 74 valence electrons. The van der Waals surface area contributed by atoms with Gasteiger partial charge in [-0.15, -0.1) is 0 Å². The molecule has 1 aliphatic rings. The van der Waals surface area contributed by atoms with Gasteiger partial charge in [-0.05, 0) is 25.0 Å². The number of nitrogens with one attached hydrogen (secondary N) is 1. The predicted octanol–water partition coefficient (Wildman–Crippen LogP) is 2.27. The first kappa shape index (κ1) is 9.28. The second kappa shape index (κ2) is 3.84. The van der Waals surface area contributed by atoms with E-state index in [0.29, 0.717) is 0 Å². The molecular formula is C12H15NO. The smallest absolute Gasteiger partial charge is 0.0546 e. The van der Waals surface area contributed by atoms with Gasteiger partial charge in [0.25, 0.3) is 0 Å². The largest absolute Gasteiger partial charge is 0.393 e. The normalized spacial score (nSPS) is 19.1. The molecule has 1 unspecified atom stereocenters. The summed E-state index contributed by atoms with van der Waals surface area (Å²) in [6, 6.07) is 8.27. The highest BCUT2D eigenvalue weighted by Crippen LogP contribution is 2.30. The Labute approximate surface area is 84.3 Å². The molecule has 2 rings (SSSR count). The molecule has 0 saturated heterocycles. The minimum Gasteiger partial charge on any atom is -0.393 e. The molecule has 1 heterocycles. The lowest BCUT2D eigenvalue weighted by atomic mass is 10.1. The molecule has 1 aromatic rings. The Morgan fingerprint density at radius 2 is 2.29 bits per heavy atom. The molecule has 1 aliphatic heterocycles. The van der Waals surface area contributed by atoms with Gasteiger partial charge in [0.2, 0.25) is 0 Å². The fraction of sp³-hybridized carbons (Fsp3) is 0.333. The molecule has 0 aromatic heterocycles. The van der Waals surface area contributed by atoms with Crippen molar-refractivity contribution in [1.82, 2.24) is 0 Å². The highest BCUT2D eigenvalue weighted by Gasteiger charge is 2.13. The van der Waals surface area contributed by atoms with Crippen LogP contribution in [0.25, 0.3) is 5.57 Å². The van der Waals surface area contributed by atoms with Crippen LogP contribution in [0, 0.1) is 0 Å². The summed E-state index contributed by atoms with van der Waals surface area (Å²) < 4.78 is 0. The summed E-state index contributed by atoms with van der Waals surface area (Å²) in [6.07, 6.45) is 2.59. The second-order valence-corrected chi connectivity index (χ2v) is 3.71. The average Bonchev–Trinajstić information content (AvgIpc) is 2.58. The number of aliphatic hydroxyl groups excluding tert-OH is 1. The van der Waals surface area contributed by atoms with Crippen LogP contribution in [0.3, 0.4) is 0 Å². The molecule has 1 atom stereocenters. The van der Waals surface area contributed by atoms with Gasteiger partial charge in [-0.2, -0.15) is 0 Å². The SMILES string of the molecule is CC(O)CC=C1CNc2ccccc21. The Kier molecular flexibility index (Phi) is 2.55. The van der Waals surface area contributed by atoms with Crippen molar-refractivity contribution in [2.45, 2.75) is 19.4 Å². The highest BCUT2D eigenvalue weighted by atomic mass is 16.3. The first-order valence-electron chi connectivity index (χ1n) is 4.98. The van der Waals surface area contributed by atoms with Crippen molar-refractivity contribution in [2.75, 3.05) is 11.9 Å². The molecule has 0 radical (unpaired) electrons. The number of hydrogen-bond acceptors (Lipinski definition) is 2. The number of para-hydroxylation sites is 1. The van der Waals surface area contributed by atoms with E-state index in [0.717, 1.165) is 13.0 Å². The highest BCUT2D eigenvalue weighted by molar-refractivity contribution is 5.84. The van der Waals surface area contributed by atoms with Gasteiger partial charge in [0.05, 0.1) is 6.10 Å². The first-order valence-corrected chi connectivity index (χ1v) is 4.98. The van der Waals surface area contributed by atoms with Crippen molar-refractivity contribution in [3.8, 4) is 0 Å². The third-order valence-corrected chi connectivity index (χ3v) is 2.45. The van der Waals surface area contributed by atoms with Crippen molar-refractivity contribution in [1.29, 1.82) is 0 Å². The molecule has 0 bridgehead atoms. The lowest BCUT2D eigenvalue weighted by Gasteiger charge is -2.01. The summed E-state index contributed by atoms with van der Waals surface area (Å²) in [6.45, 7) is 2.69. The number of rotatable bonds is 2. The van der Waals surface area contributed by atoms with Gasteiger partial charge in [0, 0.05) is 17.8 Å². The van der Waals surface area contributed by atoms with Crippen LogP contribution < -0.4 is 5.32 Å². The van der Waals surface area contributed by atoms with E-state index < -0.39 is 0 Å². The molecule has 0 amide bonds. The monoisotopic (exact) mass is 189 g/mol. The van der Waals surface area contributed by atoms with E-state index in [2.05, 4.69) is 23.5 Å². The fourth-order valence-corrected chi connectivity index (χ4v) is 1.70. The maximum absolute atomic E-state index is 9.20.